The molecule has 0 atom stereocenters. The highest BCUT2D eigenvalue weighted by atomic mass is 35.5. The summed E-state index contributed by atoms with van der Waals surface area (Å²) in [4.78, 5) is 11.4. The highest BCUT2D eigenvalue weighted by molar-refractivity contribution is 5.92. The Morgan fingerprint density at radius 1 is 1.25 bits per heavy atom. The molecule has 1 heterocycles. The van der Waals surface area contributed by atoms with E-state index in [1.165, 1.54) is 0 Å². The second-order valence-electron chi connectivity index (χ2n) is 2.57. The summed E-state index contributed by atoms with van der Waals surface area (Å²) in [7, 11) is 0. The number of pyridine rings is 1. The molecule has 0 saturated heterocycles. The largest absolute Gasteiger partial charge is 0.370 e. The van der Waals surface area contributed by atoms with Gasteiger partial charge in [-0.2, -0.15) is 4.99 Å². The van der Waals surface area contributed by atoms with Crippen LogP contribution in [0, 0.1) is 0 Å². The zero-order chi connectivity index (χ0) is 10.4. The first-order valence-corrected chi connectivity index (χ1v) is 3.97. The average molecular weight is 265 g/mol. The second kappa shape index (κ2) is 8.75. The van der Waals surface area contributed by atoms with E-state index in [1.807, 2.05) is 12.1 Å². The molecule has 0 bridgehead atoms. The second-order valence-corrected chi connectivity index (χ2v) is 2.57. The van der Waals surface area contributed by atoms with Gasteiger partial charge in [0, 0.05) is 12.4 Å². The van der Waals surface area contributed by atoms with Crippen LogP contribution in [-0.2, 0) is 6.54 Å². The molecule has 0 fully saturated rings. The molecule has 0 radical (unpaired) electrons. The molecular weight excluding hydrogens is 251 g/mol. The minimum Gasteiger partial charge on any atom is -0.370 e. The molecule has 0 spiro atoms. The summed E-state index contributed by atoms with van der Waals surface area (Å²) in [6.07, 6.45) is 3.39. The Hall–Kier alpha value is -1.53. The van der Waals surface area contributed by atoms with Crippen molar-refractivity contribution < 1.29 is 0 Å². The van der Waals surface area contributed by atoms with Gasteiger partial charge in [0.1, 0.15) is 0 Å². The van der Waals surface area contributed by atoms with Crippen LogP contribution in [0.15, 0.2) is 34.5 Å². The molecule has 0 aliphatic rings. The number of rotatable bonds is 2. The van der Waals surface area contributed by atoms with Crippen molar-refractivity contribution in [1.29, 1.82) is 0 Å². The van der Waals surface area contributed by atoms with Gasteiger partial charge in [-0.3, -0.25) is 4.98 Å². The highest BCUT2D eigenvalue weighted by Gasteiger charge is 1.91. The van der Waals surface area contributed by atoms with E-state index in [9.17, 15) is 0 Å². The first kappa shape index (κ1) is 16.9. The fourth-order valence-corrected chi connectivity index (χ4v) is 0.832. The van der Waals surface area contributed by atoms with Gasteiger partial charge in [0.2, 0.25) is 5.96 Å². The van der Waals surface area contributed by atoms with Crippen LogP contribution >= 0.6 is 24.8 Å². The van der Waals surface area contributed by atoms with E-state index in [2.05, 4.69) is 15.0 Å². The summed E-state index contributed by atoms with van der Waals surface area (Å²) in [6.45, 7) is 0.413. The van der Waals surface area contributed by atoms with Gasteiger partial charge in [0.05, 0.1) is 6.54 Å². The molecule has 0 amide bonds. The molecule has 1 aromatic rings. The smallest absolute Gasteiger partial charge is 0.218 e. The fourth-order valence-electron chi connectivity index (χ4n) is 0.832. The zero-order valence-corrected chi connectivity index (χ0v) is 10.0. The first-order chi connectivity index (χ1) is 6.68. The van der Waals surface area contributed by atoms with E-state index in [-0.39, 0.29) is 36.7 Å². The molecule has 90 valence electrons. The van der Waals surface area contributed by atoms with E-state index in [0.29, 0.717) is 6.54 Å². The van der Waals surface area contributed by atoms with E-state index < -0.39 is 0 Å². The third kappa shape index (κ3) is 6.86. The van der Waals surface area contributed by atoms with Gasteiger partial charge in [0.15, 0.2) is 5.96 Å². The van der Waals surface area contributed by atoms with Gasteiger partial charge in [-0.05, 0) is 11.6 Å². The number of nitrogens with two attached hydrogens (primary N) is 3. The molecule has 6 nitrogen and oxygen atoms in total. The quantitative estimate of drug-likeness (QED) is 0.516. The predicted octanol–water partition coefficient (Wildman–Crippen LogP) is 0.0133. The summed E-state index contributed by atoms with van der Waals surface area (Å²) in [5, 5.41) is 0. The highest BCUT2D eigenvalue weighted by Crippen LogP contribution is 1.97. The summed E-state index contributed by atoms with van der Waals surface area (Å²) in [6, 6.07) is 3.71. The van der Waals surface area contributed by atoms with Crippen molar-refractivity contribution in [3.05, 3.63) is 30.1 Å². The Bertz CT molecular complexity index is 347. The normalized spacial score (nSPS) is 9.62. The van der Waals surface area contributed by atoms with Crippen molar-refractivity contribution in [2.75, 3.05) is 0 Å². The Morgan fingerprint density at radius 2 is 1.94 bits per heavy atom. The number of nitrogens with zero attached hydrogens (tertiary/aromatic N) is 3. The molecule has 8 heteroatoms. The molecule has 0 aliphatic heterocycles. The Balaban J connectivity index is 0. The van der Waals surface area contributed by atoms with Crippen LogP contribution in [0.25, 0.3) is 0 Å². The van der Waals surface area contributed by atoms with Crippen LogP contribution in [0.3, 0.4) is 0 Å². The third-order valence-corrected chi connectivity index (χ3v) is 1.39. The Labute approximate surface area is 106 Å². The van der Waals surface area contributed by atoms with E-state index in [4.69, 9.17) is 17.2 Å². The average Bonchev–Trinajstić information content (AvgIpc) is 2.15. The SMILES string of the molecule is Cl.Cl.NC(N)=NC(N)=NCc1cccnc1. The van der Waals surface area contributed by atoms with Crippen LogP contribution in [0.1, 0.15) is 5.56 Å². The monoisotopic (exact) mass is 264 g/mol. The third-order valence-electron chi connectivity index (χ3n) is 1.39. The maximum absolute atomic E-state index is 5.40. The summed E-state index contributed by atoms with van der Waals surface area (Å²) in [5.41, 5.74) is 16.6. The lowest BCUT2D eigenvalue weighted by Crippen LogP contribution is -2.26. The molecule has 0 aliphatic carbocycles. The molecule has 0 unspecified atom stereocenters. The topological polar surface area (TPSA) is 116 Å². The van der Waals surface area contributed by atoms with Crippen molar-refractivity contribution in [2.45, 2.75) is 6.54 Å². The van der Waals surface area contributed by atoms with E-state index in [1.54, 1.807) is 12.4 Å². The standard InChI is InChI=1S/C8H12N6.2ClH/c9-7(10)14-8(11)13-5-6-2-1-3-12-4-6;;/h1-4H,5H2,(H6,9,10,11,13,14);2*1H. The van der Waals surface area contributed by atoms with Gasteiger partial charge in [-0.15, -0.1) is 24.8 Å². The van der Waals surface area contributed by atoms with Crippen molar-refractivity contribution in [3.8, 4) is 0 Å². The first-order valence-electron chi connectivity index (χ1n) is 3.97. The van der Waals surface area contributed by atoms with E-state index >= 15 is 0 Å². The minimum atomic E-state index is -0.0996. The molecule has 1 aromatic heterocycles. The van der Waals surface area contributed by atoms with Crippen molar-refractivity contribution in [3.63, 3.8) is 0 Å². The summed E-state index contributed by atoms with van der Waals surface area (Å²) < 4.78 is 0. The van der Waals surface area contributed by atoms with Crippen LogP contribution in [0.2, 0.25) is 0 Å². The Morgan fingerprint density at radius 3 is 2.44 bits per heavy atom. The zero-order valence-electron chi connectivity index (χ0n) is 8.41. The van der Waals surface area contributed by atoms with Crippen LogP contribution < -0.4 is 17.2 Å². The number of hydrogen-bond donors (Lipinski definition) is 3. The van der Waals surface area contributed by atoms with Gasteiger partial charge < -0.3 is 17.2 Å². The minimum absolute atomic E-state index is 0. The lowest BCUT2D eigenvalue weighted by molar-refractivity contribution is 1.03. The molecular formula is C8H14Cl2N6. The van der Waals surface area contributed by atoms with Crippen LogP contribution in [-0.4, -0.2) is 16.9 Å². The van der Waals surface area contributed by atoms with Crippen LogP contribution in [0.4, 0.5) is 0 Å². The van der Waals surface area contributed by atoms with Crippen molar-refractivity contribution in [2.24, 2.45) is 27.2 Å². The lowest BCUT2D eigenvalue weighted by atomic mass is 10.3. The number of aliphatic imine (C=N–C) groups is 2. The number of aromatic nitrogens is 1. The maximum Gasteiger partial charge on any atom is 0.218 e. The number of hydrogen-bond acceptors (Lipinski definition) is 2. The molecule has 1 rings (SSSR count). The van der Waals surface area contributed by atoms with E-state index in [0.717, 1.165) is 5.56 Å². The summed E-state index contributed by atoms with van der Waals surface area (Å²) >= 11 is 0. The van der Waals surface area contributed by atoms with Gasteiger partial charge in [-0.25, -0.2) is 4.99 Å². The number of guanidine groups is 2. The summed E-state index contributed by atoms with van der Waals surface area (Å²) in [5.74, 6) is -0.0358. The predicted molar refractivity (Wildman–Crippen MR) is 69.9 cm³/mol. The maximum atomic E-state index is 5.40. The molecule has 0 saturated carbocycles. The lowest BCUT2D eigenvalue weighted by Gasteiger charge is -1.95. The molecule has 0 aromatic carbocycles. The Kier molecular flexibility index (Phi) is 9.24. The van der Waals surface area contributed by atoms with Crippen molar-refractivity contribution >= 4 is 36.7 Å². The van der Waals surface area contributed by atoms with Gasteiger partial charge in [0.25, 0.3) is 0 Å². The molecule has 6 N–H and O–H groups in total. The van der Waals surface area contributed by atoms with Crippen molar-refractivity contribution in [1.82, 2.24) is 4.98 Å². The van der Waals surface area contributed by atoms with Crippen LogP contribution in [0.5, 0.6) is 0 Å². The number of halogens is 2. The fraction of sp³-hybridized carbons (Fsp3) is 0.125. The molecule has 16 heavy (non-hydrogen) atoms. The van der Waals surface area contributed by atoms with Gasteiger partial charge in [-0.1, -0.05) is 6.07 Å². The van der Waals surface area contributed by atoms with Gasteiger partial charge >= 0.3 is 0 Å².